The summed E-state index contributed by atoms with van der Waals surface area (Å²) < 4.78 is 74.8. The van der Waals surface area contributed by atoms with Gasteiger partial charge < -0.3 is 21.1 Å². The minimum atomic E-state index is -4.92. The number of benzene rings is 3. The second-order valence-corrected chi connectivity index (χ2v) is 8.66. The Balaban J connectivity index is 1.94. The standard InChI is InChI=1S/C25H19ClF5N5O3/c1-3-33-24(38)15-10-17(34-23(37)11-6-12(25(29,30)31)8-14(28)7-11)21(19-20(15)36(2)35-22(19)32)39-18-9-13(27)4-5-16(18)26/h4-10H,3H2,1-2H3,(H2,32,35)(H,33,38)(H,34,37). The monoisotopic (exact) mass is 567 g/mol. The smallest absolute Gasteiger partial charge is 0.416 e. The number of fused-ring (bicyclic) bond motifs is 1. The van der Waals surface area contributed by atoms with E-state index >= 15 is 0 Å². The summed E-state index contributed by atoms with van der Waals surface area (Å²) in [6.07, 6.45) is -4.92. The first-order valence-corrected chi connectivity index (χ1v) is 11.6. The number of nitrogens with two attached hydrogens (primary N) is 1. The van der Waals surface area contributed by atoms with Gasteiger partial charge in [-0.15, -0.1) is 0 Å². The van der Waals surface area contributed by atoms with Gasteiger partial charge in [-0.1, -0.05) is 11.6 Å². The molecule has 0 saturated carbocycles. The van der Waals surface area contributed by atoms with Crippen LogP contribution in [-0.4, -0.2) is 28.1 Å². The summed E-state index contributed by atoms with van der Waals surface area (Å²) in [5.41, 5.74) is 3.94. The van der Waals surface area contributed by atoms with Crippen molar-refractivity contribution in [2.45, 2.75) is 13.1 Å². The molecule has 0 radical (unpaired) electrons. The van der Waals surface area contributed by atoms with Gasteiger partial charge >= 0.3 is 6.18 Å². The largest absolute Gasteiger partial charge is 0.453 e. The molecule has 0 unspecified atom stereocenters. The fraction of sp³-hybridized carbons (Fsp3) is 0.160. The van der Waals surface area contributed by atoms with Crippen LogP contribution >= 0.6 is 11.6 Å². The molecule has 1 heterocycles. The average Bonchev–Trinajstić information content (AvgIpc) is 3.15. The van der Waals surface area contributed by atoms with E-state index in [0.29, 0.717) is 12.1 Å². The van der Waals surface area contributed by atoms with Crippen molar-refractivity contribution >= 4 is 45.8 Å². The minimum absolute atomic E-state index is 0.0205. The number of rotatable bonds is 6. The summed E-state index contributed by atoms with van der Waals surface area (Å²) in [6.45, 7) is 1.90. The van der Waals surface area contributed by atoms with E-state index in [1.165, 1.54) is 23.9 Å². The lowest BCUT2D eigenvalue weighted by Gasteiger charge is -2.17. The number of amides is 2. The van der Waals surface area contributed by atoms with E-state index in [1.54, 1.807) is 6.92 Å². The maximum absolute atomic E-state index is 14.0. The lowest BCUT2D eigenvalue weighted by molar-refractivity contribution is -0.137. The van der Waals surface area contributed by atoms with Crippen molar-refractivity contribution in [3.8, 4) is 11.5 Å². The third kappa shape index (κ3) is 5.58. The topological polar surface area (TPSA) is 111 Å². The number of carbonyl (C=O) groups excluding carboxylic acids is 2. The number of nitrogen functional groups attached to an aromatic ring is 1. The zero-order valence-electron chi connectivity index (χ0n) is 20.2. The molecular weight excluding hydrogens is 549 g/mol. The number of hydrogen-bond acceptors (Lipinski definition) is 5. The van der Waals surface area contributed by atoms with E-state index in [1.807, 2.05) is 0 Å². The van der Waals surface area contributed by atoms with E-state index in [2.05, 4.69) is 15.7 Å². The van der Waals surface area contributed by atoms with Gasteiger partial charge in [-0.25, -0.2) is 8.78 Å². The third-order valence-corrected chi connectivity index (χ3v) is 5.82. The van der Waals surface area contributed by atoms with Crippen molar-refractivity contribution in [2.75, 3.05) is 17.6 Å². The van der Waals surface area contributed by atoms with Gasteiger partial charge in [-0.05, 0) is 43.3 Å². The normalized spacial score (nSPS) is 11.5. The number of nitrogens with one attached hydrogen (secondary N) is 2. The van der Waals surface area contributed by atoms with Crippen molar-refractivity contribution in [2.24, 2.45) is 7.05 Å². The van der Waals surface area contributed by atoms with Crippen LogP contribution in [0.5, 0.6) is 11.5 Å². The highest BCUT2D eigenvalue weighted by molar-refractivity contribution is 6.32. The van der Waals surface area contributed by atoms with Gasteiger partial charge in [0, 0.05) is 25.2 Å². The molecule has 0 aliphatic carbocycles. The van der Waals surface area contributed by atoms with Crippen LogP contribution in [0.2, 0.25) is 5.02 Å². The molecule has 3 aromatic carbocycles. The first kappa shape index (κ1) is 27.6. The maximum Gasteiger partial charge on any atom is 0.416 e. The van der Waals surface area contributed by atoms with Gasteiger partial charge in [0.05, 0.1) is 32.7 Å². The maximum atomic E-state index is 14.0. The van der Waals surface area contributed by atoms with Crippen LogP contribution in [0.15, 0.2) is 42.5 Å². The van der Waals surface area contributed by atoms with Gasteiger partial charge in [0.2, 0.25) is 0 Å². The second kappa shape index (κ2) is 10.4. The van der Waals surface area contributed by atoms with Crippen LogP contribution in [0.3, 0.4) is 0 Å². The van der Waals surface area contributed by atoms with E-state index in [9.17, 15) is 31.5 Å². The second-order valence-electron chi connectivity index (χ2n) is 8.25. The quantitative estimate of drug-likeness (QED) is 0.251. The number of anilines is 2. The summed E-state index contributed by atoms with van der Waals surface area (Å²) in [5.74, 6) is -4.37. The number of nitrogens with zero attached hydrogens (tertiary/aromatic N) is 2. The van der Waals surface area contributed by atoms with E-state index in [0.717, 1.165) is 12.1 Å². The zero-order chi connectivity index (χ0) is 28.6. The molecule has 0 fully saturated rings. The van der Waals surface area contributed by atoms with Gasteiger partial charge in [0.1, 0.15) is 17.4 Å². The fourth-order valence-corrected chi connectivity index (χ4v) is 4.02. The molecule has 0 saturated heterocycles. The van der Waals surface area contributed by atoms with E-state index < -0.39 is 40.8 Å². The molecule has 4 N–H and O–H groups in total. The van der Waals surface area contributed by atoms with Crippen molar-refractivity contribution in [3.05, 3.63) is 75.8 Å². The summed E-state index contributed by atoms with van der Waals surface area (Å²) in [7, 11) is 1.49. The Morgan fingerprint density at radius 3 is 2.46 bits per heavy atom. The molecule has 4 rings (SSSR count). The lowest BCUT2D eigenvalue weighted by Crippen LogP contribution is -2.24. The Morgan fingerprint density at radius 2 is 1.79 bits per heavy atom. The van der Waals surface area contributed by atoms with Gasteiger partial charge in [0.15, 0.2) is 11.6 Å². The molecule has 1 aromatic heterocycles. The van der Waals surface area contributed by atoms with Crippen LogP contribution in [0.1, 0.15) is 33.2 Å². The third-order valence-electron chi connectivity index (χ3n) is 5.51. The van der Waals surface area contributed by atoms with Crippen molar-refractivity contribution in [3.63, 3.8) is 0 Å². The number of halogens is 6. The molecule has 39 heavy (non-hydrogen) atoms. The zero-order valence-corrected chi connectivity index (χ0v) is 21.0. The minimum Gasteiger partial charge on any atom is -0.453 e. The number of aromatic nitrogens is 2. The Morgan fingerprint density at radius 1 is 1.08 bits per heavy atom. The lowest BCUT2D eigenvalue weighted by atomic mass is 10.1. The highest BCUT2D eigenvalue weighted by atomic mass is 35.5. The fourth-order valence-electron chi connectivity index (χ4n) is 3.86. The molecule has 14 heteroatoms. The molecule has 0 aliphatic heterocycles. The van der Waals surface area contributed by atoms with Crippen LogP contribution in [-0.2, 0) is 13.2 Å². The van der Waals surface area contributed by atoms with Crippen LogP contribution in [0.25, 0.3) is 10.9 Å². The highest BCUT2D eigenvalue weighted by Crippen LogP contribution is 2.43. The number of ether oxygens (including phenoxy) is 1. The Hall–Kier alpha value is -4.39. The molecule has 204 valence electrons. The average molecular weight is 568 g/mol. The highest BCUT2D eigenvalue weighted by Gasteiger charge is 2.32. The van der Waals surface area contributed by atoms with Crippen LogP contribution in [0.4, 0.5) is 33.5 Å². The molecule has 2 amide bonds. The Labute approximate surface area is 222 Å². The van der Waals surface area contributed by atoms with Crippen LogP contribution in [0, 0.1) is 11.6 Å². The summed E-state index contributed by atoms with van der Waals surface area (Å²) in [6, 6.07) is 5.73. The SMILES string of the molecule is CCNC(=O)c1cc(NC(=O)c2cc(F)cc(C(F)(F)F)c2)c(Oc2cc(F)ccc2Cl)c2c(N)nn(C)c12. The summed E-state index contributed by atoms with van der Waals surface area (Å²) in [4.78, 5) is 26.0. The van der Waals surface area contributed by atoms with Gasteiger partial charge in [0.25, 0.3) is 11.8 Å². The molecule has 0 spiro atoms. The number of aryl methyl sites for hydroxylation is 1. The van der Waals surface area contributed by atoms with Crippen LogP contribution < -0.4 is 21.1 Å². The molecule has 8 nitrogen and oxygen atoms in total. The molecule has 0 bridgehead atoms. The number of alkyl halides is 3. The first-order valence-electron chi connectivity index (χ1n) is 11.2. The Bertz CT molecular complexity index is 1620. The van der Waals surface area contributed by atoms with Crippen molar-refractivity contribution < 1.29 is 36.3 Å². The molecule has 0 aliphatic rings. The predicted molar refractivity (Wildman–Crippen MR) is 134 cm³/mol. The summed E-state index contributed by atoms with van der Waals surface area (Å²) in [5, 5.41) is 9.04. The molecule has 4 aromatic rings. The molecular formula is C25H19ClF5N5O3. The Kier molecular flexibility index (Phi) is 7.37. The van der Waals surface area contributed by atoms with E-state index in [-0.39, 0.29) is 57.1 Å². The predicted octanol–water partition coefficient (Wildman–Crippen LogP) is 5.90. The number of hydrogen-bond donors (Lipinski definition) is 3. The number of carbonyl (C=O) groups is 2. The first-order chi connectivity index (χ1) is 18.3. The van der Waals surface area contributed by atoms with Gasteiger partial charge in [-0.2, -0.15) is 18.3 Å². The van der Waals surface area contributed by atoms with Crippen molar-refractivity contribution in [1.82, 2.24) is 15.1 Å². The van der Waals surface area contributed by atoms with Crippen molar-refractivity contribution in [1.29, 1.82) is 0 Å². The van der Waals surface area contributed by atoms with Gasteiger partial charge in [-0.3, -0.25) is 14.3 Å². The van der Waals surface area contributed by atoms with E-state index in [4.69, 9.17) is 22.1 Å². The molecule has 0 atom stereocenters. The summed E-state index contributed by atoms with van der Waals surface area (Å²) >= 11 is 6.15.